The summed E-state index contributed by atoms with van der Waals surface area (Å²) in [5.74, 6) is -0.350. The molecule has 0 saturated heterocycles. The van der Waals surface area contributed by atoms with Crippen molar-refractivity contribution < 1.29 is 13.6 Å². The number of benzene rings is 2. The van der Waals surface area contributed by atoms with Gasteiger partial charge in [-0.15, -0.1) is 0 Å². The Balaban J connectivity index is 1.79. The van der Waals surface area contributed by atoms with Gasteiger partial charge in [0, 0.05) is 39.3 Å². The van der Waals surface area contributed by atoms with Gasteiger partial charge in [-0.1, -0.05) is 18.2 Å². The molecular formula is C20H24F2N4O. The van der Waals surface area contributed by atoms with Crippen molar-refractivity contribution in [3.8, 4) is 0 Å². The van der Waals surface area contributed by atoms with Crippen molar-refractivity contribution in [2.24, 2.45) is 4.99 Å². The van der Waals surface area contributed by atoms with Crippen molar-refractivity contribution in [3.63, 3.8) is 0 Å². The summed E-state index contributed by atoms with van der Waals surface area (Å²) in [6, 6.07) is 10.7. The van der Waals surface area contributed by atoms with Crippen LogP contribution in [-0.2, 0) is 6.54 Å². The normalized spacial score (nSPS) is 11.2. The first kappa shape index (κ1) is 20.4. The molecule has 2 aromatic rings. The van der Waals surface area contributed by atoms with Crippen LogP contribution < -0.4 is 10.6 Å². The molecule has 0 saturated carbocycles. The lowest BCUT2D eigenvalue weighted by molar-refractivity contribution is 0.0954. The molecule has 2 aromatic carbocycles. The van der Waals surface area contributed by atoms with E-state index in [-0.39, 0.29) is 17.3 Å². The minimum absolute atomic E-state index is 0.270. The average Bonchev–Trinajstić information content (AvgIpc) is 2.65. The Morgan fingerprint density at radius 2 is 1.74 bits per heavy atom. The van der Waals surface area contributed by atoms with Crippen LogP contribution in [0.4, 0.5) is 8.78 Å². The third-order valence-corrected chi connectivity index (χ3v) is 4.03. The van der Waals surface area contributed by atoms with E-state index in [2.05, 4.69) is 15.6 Å². The fourth-order valence-electron chi connectivity index (χ4n) is 2.51. The maximum Gasteiger partial charge on any atom is 0.251 e. The van der Waals surface area contributed by atoms with Crippen LogP contribution in [0.5, 0.6) is 0 Å². The second-order valence-electron chi connectivity index (χ2n) is 6.18. The molecule has 0 aromatic heterocycles. The highest BCUT2D eigenvalue weighted by Gasteiger charge is 2.09. The van der Waals surface area contributed by atoms with Gasteiger partial charge in [0.2, 0.25) is 0 Å². The van der Waals surface area contributed by atoms with Crippen LogP contribution >= 0.6 is 0 Å². The van der Waals surface area contributed by atoms with E-state index in [0.717, 1.165) is 5.56 Å². The van der Waals surface area contributed by atoms with Gasteiger partial charge in [0.05, 0.1) is 0 Å². The van der Waals surface area contributed by atoms with Crippen LogP contribution in [0, 0.1) is 18.6 Å². The van der Waals surface area contributed by atoms with Crippen LogP contribution in [0.1, 0.15) is 21.5 Å². The highest BCUT2D eigenvalue weighted by molar-refractivity contribution is 5.94. The Bertz CT molecular complexity index is 806. The van der Waals surface area contributed by atoms with Crippen LogP contribution in [0.15, 0.2) is 47.5 Å². The Morgan fingerprint density at radius 3 is 2.37 bits per heavy atom. The molecule has 0 heterocycles. The highest BCUT2D eigenvalue weighted by atomic mass is 19.1. The number of amides is 1. The molecule has 7 heteroatoms. The highest BCUT2D eigenvalue weighted by Crippen LogP contribution is 2.09. The number of rotatable bonds is 6. The lowest BCUT2D eigenvalue weighted by atomic mass is 10.1. The number of aryl methyl sites for hydroxylation is 1. The predicted octanol–water partition coefficient (Wildman–Crippen LogP) is 2.71. The predicted molar refractivity (Wildman–Crippen MR) is 103 cm³/mol. The van der Waals surface area contributed by atoms with Crippen LogP contribution in [0.25, 0.3) is 0 Å². The molecule has 0 aliphatic rings. The van der Waals surface area contributed by atoms with Crippen molar-refractivity contribution in [1.82, 2.24) is 15.5 Å². The van der Waals surface area contributed by atoms with E-state index in [1.165, 1.54) is 18.2 Å². The third kappa shape index (κ3) is 6.06. The van der Waals surface area contributed by atoms with Gasteiger partial charge in [0.1, 0.15) is 11.6 Å². The number of nitrogens with one attached hydrogen (secondary N) is 2. The molecule has 0 fully saturated rings. The van der Waals surface area contributed by atoms with E-state index in [0.29, 0.717) is 31.2 Å². The Kier molecular flexibility index (Phi) is 7.28. The summed E-state index contributed by atoms with van der Waals surface area (Å²) in [4.78, 5) is 18.1. The van der Waals surface area contributed by atoms with E-state index < -0.39 is 5.82 Å². The van der Waals surface area contributed by atoms with Crippen molar-refractivity contribution in [2.75, 3.05) is 27.2 Å². The summed E-state index contributed by atoms with van der Waals surface area (Å²) >= 11 is 0. The standard InChI is InChI=1S/C20H24F2N4O/c1-14-4-7-16(12-18(14)22)19(27)24-10-11-25-20(23-2)26(3)13-15-5-8-17(21)9-6-15/h4-9,12H,10-11,13H2,1-3H3,(H,23,25)(H,24,27). The smallest absolute Gasteiger partial charge is 0.251 e. The number of carbonyl (C=O) groups excluding carboxylic acids is 1. The molecule has 0 radical (unpaired) electrons. The van der Waals surface area contributed by atoms with E-state index in [4.69, 9.17) is 0 Å². The number of aliphatic imine (C=N–C) groups is 1. The fraction of sp³-hybridized carbons (Fsp3) is 0.300. The summed E-state index contributed by atoms with van der Waals surface area (Å²) in [6.45, 7) is 3.03. The first-order valence-corrected chi connectivity index (χ1v) is 8.61. The van der Waals surface area contributed by atoms with Crippen LogP contribution in [0.3, 0.4) is 0 Å². The molecule has 0 atom stereocenters. The summed E-state index contributed by atoms with van der Waals surface area (Å²) in [5.41, 5.74) is 1.74. The minimum Gasteiger partial charge on any atom is -0.354 e. The van der Waals surface area contributed by atoms with Crippen molar-refractivity contribution in [3.05, 3.63) is 70.8 Å². The number of nitrogens with zero attached hydrogens (tertiary/aromatic N) is 2. The molecule has 1 amide bonds. The summed E-state index contributed by atoms with van der Waals surface area (Å²) in [6.07, 6.45) is 0. The molecule has 0 spiro atoms. The third-order valence-electron chi connectivity index (χ3n) is 4.03. The summed E-state index contributed by atoms with van der Waals surface area (Å²) in [5, 5.41) is 5.88. The lowest BCUT2D eigenvalue weighted by Gasteiger charge is -2.22. The largest absolute Gasteiger partial charge is 0.354 e. The van der Waals surface area contributed by atoms with E-state index in [1.807, 2.05) is 11.9 Å². The molecule has 2 rings (SSSR count). The zero-order valence-electron chi connectivity index (χ0n) is 15.7. The van der Waals surface area contributed by atoms with Gasteiger partial charge in [-0.05, 0) is 42.3 Å². The zero-order valence-corrected chi connectivity index (χ0v) is 15.7. The summed E-state index contributed by atoms with van der Waals surface area (Å²) < 4.78 is 26.5. The quantitative estimate of drug-likeness (QED) is 0.464. The maximum absolute atomic E-state index is 13.5. The van der Waals surface area contributed by atoms with Gasteiger partial charge in [-0.25, -0.2) is 8.78 Å². The molecule has 144 valence electrons. The van der Waals surface area contributed by atoms with Crippen LogP contribution in [-0.4, -0.2) is 44.0 Å². The second-order valence-corrected chi connectivity index (χ2v) is 6.18. The topological polar surface area (TPSA) is 56.7 Å². The van der Waals surface area contributed by atoms with E-state index in [1.54, 1.807) is 38.2 Å². The monoisotopic (exact) mass is 374 g/mol. The van der Waals surface area contributed by atoms with Crippen molar-refractivity contribution in [1.29, 1.82) is 0 Å². The molecule has 0 aliphatic carbocycles. The number of carbonyl (C=O) groups is 1. The van der Waals surface area contributed by atoms with Crippen LogP contribution in [0.2, 0.25) is 0 Å². The number of hydrogen-bond donors (Lipinski definition) is 2. The second kappa shape index (κ2) is 9.66. The van der Waals surface area contributed by atoms with Crippen molar-refractivity contribution >= 4 is 11.9 Å². The molecule has 0 unspecified atom stereocenters. The maximum atomic E-state index is 13.5. The molecular weight excluding hydrogens is 350 g/mol. The van der Waals surface area contributed by atoms with Gasteiger partial charge in [0.25, 0.3) is 5.91 Å². The average molecular weight is 374 g/mol. The molecule has 2 N–H and O–H groups in total. The zero-order chi connectivity index (χ0) is 19.8. The number of guanidine groups is 1. The molecule has 0 bridgehead atoms. The lowest BCUT2D eigenvalue weighted by Crippen LogP contribution is -2.42. The van der Waals surface area contributed by atoms with Crippen molar-refractivity contribution in [2.45, 2.75) is 13.5 Å². The summed E-state index contributed by atoms with van der Waals surface area (Å²) in [7, 11) is 3.53. The van der Waals surface area contributed by atoms with Gasteiger partial charge in [-0.2, -0.15) is 0 Å². The Hall–Kier alpha value is -2.96. The van der Waals surface area contributed by atoms with E-state index >= 15 is 0 Å². The van der Waals surface area contributed by atoms with Gasteiger partial charge >= 0.3 is 0 Å². The van der Waals surface area contributed by atoms with E-state index in [9.17, 15) is 13.6 Å². The minimum atomic E-state index is -0.399. The SMILES string of the molecule is CN=C(NCCNC(=O)c1ccc(C)c(F)c1)N(C)Cc1ccc(F)cc1. The van der Waals surface area contributed by atoms with Gasteiger partial charge in [0.15, 0.2) is 5.96 Å². The first-order chi connectivity index (χ1) is 12.9. The fourth-order valence-corrected chi connectivity index (χ4v) is 2.51. The Labute approximate surface area is 158 Å². The van der Waals surface area contributed by atoms with Gasteiger partial charge in [-0.3, -0.25) is 9.79 Å². The molecule has 5 nitrogen and oxygen atoms in total. The number of halogens is 2. The molecule has 0 aliphatic heterocycles. The Morgan fingerprint density at radius 1 is 1.07 bits per heavy atom. The molecule has 27 heavy (non-hydrogen) atoms. The number of hydrogen-bond acceptors (Lipinski definition) is 2. The van der Waals surface area contributed by atoms with Gasteiger partial charge < -0.3 is 15.5 Å². The first-order valence-electron chi connectivity index (χ1n) is 8.61.